The Bertz CT molecular complexity index is 1150. The number of anilines is 2. The molecule has 28 heavy (non-hydrogen) atoms. The molecule has 2 amide bonds. The summed E-state index contributed by atoms with van der Waals surface area (Å²) >= 11 is 0. The summed E-state index contributed by atoms with van der Waals surface area (Å²) in [6, 6.07) is 12.8. The van der Waals surface area contributed by atoms with E-state index in [0.29, 0.717) is 19.0 Å². The summed E-state index contributed by atoms with van der Waals surface area (Å²) in [4.78, 5) is 43.9. The minimum absolute atomic E-state index is 0.0118. The van der Waals surface area contributed by atoms with Crippen LogP contribution in [0, 0.1) is 10.1 Å². The highest BCUT2D eigenvalue weighted by molar-refractivity contribution is 6.24. The first kappa shape index (κ1) is 16.4. The van der Waals surface area contributed by atoms with Gasteiger partial charge in [-0.05, 0) is 18.2 Å². The topological polar surface area (TPSA) is 102 Å². The van der Waals surface area contributed by atoms with Gasteiger partial charge >= 0.3 is 0 Å². The molecule has 140 valence electrons. The van der Waals surface area contributed by atoms with Crippen LogP contribution in [-0.2, 0) is 16.1 Å². The van der Waals surface area contributed by atoms with Crippen molar-refractivity contribution in [1.29, 1.82) is 0 Å². The van der Waals surface area contributed by atoms with Crippen molar-refractivity contribution < 1.29 is 14.5 Å². The molecule has 3 aromatic rings. The predicted molar refractivity (Wildman–Crippen MR) is 101 cm³/mol. The van der Waals surface area contributed by atoms with E-state index in [1.807, 2.05) is 33.7 Å². The molecule has 1 aromatic heterocycles. The molecule has 0 bridgehead atoms. The van der Waals surface area contributed by atoms with Crippen molar-refractivity contribution in [3.8, 4) is 0 Å². The van der Waals surface area contributed by atoms with Gasteiger partial charge in [0.05, 0.1) is 22.4 Å². The van der Waals surface area contributed by atoms with E-state index in [4.69, 9.17) is 0 Å². The lowest BCUT2D eigenvalue weighted by Gasteiger charge is -2.22. The number of amides is 2. The second-order valence-electron chi connectivity index (χ2n) is 6.78. The van der Waals surface area contributed by atoms with Crippen LogP contribution in [-0.4, -0.2) is 38.9 Å². The van der Waals surface area contributed by atoms with Crippen molar-refractivity contribution in [1.82, 2.24) is 9.55 Å². The number of hydrogen-bond donors (Lipinski definition) is 0. The van der Waals surface area contributed by atoms with Gasteiger partial charge in [0.1, 0.15) is 11.7 Å². The van der Waals surface area contributed by atoms with E-state index in [-0.39, 0.29) is 17.8 Å². The molecule has 2 aliphatic heterocycles. The molecule has 1 unspecified atom stereocenters. The number of nitro benzene ring substituents is 1. The normalized spacial score (nSPS) is 18.9. The SMILES string of the molecule is O=C1CC(N2CCn3c2nc2ccccc23)C(=O)N1c1ccccc1[N+](=O)[O-]. The lowest BCUT2D eigenvalue weighted by Crippen LogP contribution is -2.41. The van der Waals surface area contributed by atoms with E-state index in [2.05, 4.69) is 4.98 Å². The maximum atomic E-state index is 13.1. The number of hydrogen-bond acceptors (Lipinski definition) is 6. The van der Waals surface area contributed by atoms with E-state index in [0.717, 1.165) is 15.9 Å². The number of nitro groups is 1. The van der Waals surface area contributed by atoms with Gasteiger partial charge in [0.15, 0.2) is 0 Å². The quantitative estimate of drug-likeness (QED) is 0.393. The summed E-state index contributed by atoms with van der Waals surface area (Å²) in [5.74, 6) is -0.254. The van der Waals surface area contributed by atoms with Crippen LogP contribution in [0.1, 0.15) is 6.42 Å². The standard InChI is InChI=1S/C19H15N5O4/c25-17-11-16(18(26)23(17)14-7-3-4-8-15(14)24(27)28)22-10-9-21-13-6-2-1-5-12(13)20-19(21)22/h1-8,16H,9-11H2. The van der Waals surface area contributed by atoms with Crippen LogP contribution in [0.15, 0.2) is 48.5 Å². The summed E-state index contributed by atoms with van der Waals surface area (Å²) < 4.78 is 2.03. The zero-order valence-electron chi connectivity index (χ0n) is 14.7. The predicted octanol–water partition coefficient (Wildman–Crippen LogP) is 2.10. The Morgan fingerprint density at radius 1 is 1.04 bits per heavy atom. The Morgan fingerprint density at radius 2 is 1.79 bits per heavy atom. The van der Waals surface area contributed by atoms with Crippen LogP contribution >= 0.6 is 0 Å². The summed E-state index contributed by atoms with van der Waals surface area (Å²) in [6.45, 7) is 1.22. The molecular formula is C19H15N5O4. The third-order valence-corrected chi connectivity index (χ3v) is 5.27. The second-order valence-corrected chi connectivity index (χ2v) is 6.78. The van der Waals surface area contributed by atoms with Gasteiger partial charge in [-0.15, -0.1) is 0 Å². The number of imide groups is 1. The molecule has 2 aliphatic rings. The van der Waals surface area contributed by atoms with E-state index in [9.17, 15) is 19.7 Å². The van der Waals surface area contributed by atoms with Gasteiger partial charge in [0.25, 0.3) is 11.6 Å². The molecule has 0 spiro atoms. The highest BCUT2D eigenvalue weighted by Gasteiger charge is 2.46. The van der Waals surface area contributed by atoms with Gasteiger partial charge in [-0.3, -0.25) is 19.7 Å². The Hall–Kier alpha value is -3.75. The molecule has 0 aliphatic carbocycles. The molecule has 2 aromatic carbocycles. The van der Waals surface area contributed by atoms with Crippen LogP contribution < -0.4 is 9.80 Å². The maximum Gasteiger partial charge on any atom is 0.293 e. The summed E-state index contributed by atoms with van der Waals surface area (Å²) in [6.07, 6.45) is -0.0336. The minimum Gasteiger partial charge on any atom is -0.328 e. The molecule has 1 atom stereocenters. The maximum absolute atomic E-state index is 13.1. The number of fused-ring (bicyclic) bond motifs is 3. The number of nitrogens with zero attached hydrogens (tertiary/aromatic N) is 5. The monoisotopic (exact) mass is 377 g/mol. The van der Waals surface area contributed by atoms with E-state index in [1.54, 1.807) is 6.07 Å². The number of benzene rings is 2. The van der Waals surface area contributed by atoms with Crippen LogP contribution in [0.2, 0.25) is 0 Å². The number of carbonyl (C=O) groups excluding carboxylic acids is 2. The van der Waals surface area contributed by atoms with Crippen molar-refractivity contribution in [2.24, 2.45) is 0 Å². The zero-order valence-corrected chi connectivity index (χ0v) is 14.7. The fraction of sp³-hybridized carbons (Fsp3) is 0.211. The lowest BCUT2D eigenvalue weighted by atomic mass is 10.2. The van der Waals surface area contributed by atoms with Gasteiger partial charge in [-0.2, -0.15) is 0 Å². The second kappa shape index (κ2) is 5.88. The Morgan fingerprint density at radius 3 is 2.61 bits per heavy atom. The third-order valence-electron chi connectivity index (χ3n) is 5.27. The van der Waals surface area contributed by atoms with Crippen LogP contribution in [0.5, 0.6) is 0 Å². The zero-order chi connectivity index (χ0) is 19.4. The van der Waals surface area contributed by atoms with Crippen LogP contribution in [0.3, 0.4) is 0 Å². The largest absolute Gasteiger partial charge is 0.328 e. The smallest absolute Gasteiger partial charge is 0.293 e. The molecule has 0 radical (unpaired) electrons. The number of carbonyl (C=O) groups is 2. The minimum atomic E-state index is -0.717. The molecule has 1 fully saturated rings. The molecule has 0 saturated carbocycles. The van der Waals surface area contributed by atoms with Gasteiger partial charge in [0, 0.05) is 19.2 Å². The highest BCUT2D eigenvalue weighted by Crippen LogP contribution is 2.36. The number of aromatic nitrogens is 2. The number of rotatable bonds is 3. The van der Waals surface area contributed by atoms with Crippen LogP contribution in [0.25, 0.3) is 11.0 Å². The first-order chi connectivity index (χ1) is 13.6. The van der Waals surface area contributed by atoms with Crippen molar-refractivity contribution >= 4 is 40.2 Å². The summed E-state index contributed by atoms with van der Waals surface area (Å²) in [5.41, 5.74) is 1.55. The average Bonchev–Trinajstić information content (AvgIpc) is 3.33. The molecule has 0 N–H and O–H groups in total. The first-order valence-corrected chi connectivity index (χ1v) is 8.88. The lowest BCUT2D eigenvalue weighted by molar-refractivity contribution is -0.384. The Balaban J connectivity index is 1.53. The highest BCUT2D eigenvalue weighted by atomic mass is 16.6. The molecule has 1 saturated heterocycles. The first-order valence-electron chi connectivity index (χ1n) is 8.88. The van der Waals surface area contributed by atoms with Crippen molar-refractivity contribution in [3.05, 3.63) is 58.6 Å². The van der Waals surface area contributed by atoms with Gasteiger partial charge in [-0.1, -0.05) is 24.3 Å². The fourth-order valence-corrected chi connectivity index (χ4v) is 4.03. The van der Waals surface area contributed by atoms with Crippen molar-refractivity contribution in [2.75, 3.05) is 16.3 Å². The fourth-order valence-electron chi connectivity index (χ4n) is 4.03. The Kier molecular flexibility index (Phi) is 3.45. The van der Waals surface area contributed by atoms with Gasteiger partial charge < -0.3 is 9.47 Å². The average molecular weight is 377 g/mol. The summed E-state index contributed by atoms with van der Waals surface area (Å²) in [7, 11) is 0. The van der Waals surface area contributed by atoms with Gasteiger partial charge in [0.2, 0.25) is 11.9 Å². The van der Waals surface area contributed by atoms with Gasteiger partial charge in [-0.25, -0.2) is 9.88 Å². The summed E-state index contributed by atoms with van der Waals surface area (Å²) in [5, 5.41) is 11.3. The van der Waals surface area contributed by atoms with E-state index >= 15 is 0 Å². The molecule has 9 heteroatoms. The van der Waals surface area contributed by atoms with Crippen molar-refractivity contribution in [2.45, 2.75) is 19.0 Å². The third kappa shape index (κ3) is 2.22. The van der Waals surface area contributed by atoms with Crippen LogP contribution in [0.4, 0.5) is 17.3 Å². The van der Waals surface area contributed by atoms with Crippen molar-refractivity contribution in [3.63, 3.8) is 0 Å². The number of para-hydroxylation sites is 4. The molecule has 9 nitrogen and oxygen atoms in total. The van der Waals surface area contributed by atoms with E-state index in [1.165, 1.54) is 18.2 Å². The molecular weight excluding hydrogens is 362 g/mol. The number of imidazole rings is 1. The molecule has 5 rings (SSSR count). The molecule has 3 heterocycles. The van der Waals surface area contributed by atoms with E-state index < -0.39 is 22.8 Å². The Labute approximate surface area is 158 Å².